The molecule has 122 valence electrons. The van der Waals surface area contributed by atoms with Gasteiger partial charge in [-0.3, -0.25) is 4.90 Å². The van der Waals surface area contributed by atoms with Crippen molar-refractivity contribution in [2.24, 2.45) is 5.73 Å². The Morgan fingerprint density at radius 2 is 2.27 bits per heavy atom. The van der Waals surface area contributed by atoms with Crippen molar-refractivity contribution in [2.45, 2.75) is 44.8 Å². The number of ether oxygens (including phenoxy) is 1. The topological polar surface area (TPSA) is 51.4 Å². The molecule has 1 aliphatic heterocycles. The smallest absolute Gasteiger partial charge is 0.120 e. The van der Waals surface area contributed by atoms with Crippen LogP contribution in [0.15, 0.2) is 18.2 Å². The van der Waals surface area contributed by atoms with E-state index in [0.717, 1.165) is 24.4 Å². The van der Waals surface area contributed by atoms with Gasteiger partial charge in [-0.1, -0.05) is 6.42 Å². The lowest BCUT2D eigenvalue weighted by Gasteiger charge is -2.37. The van der Waals surface area contributed by atoms with Gasteiger partial charge in [0.05, 0.1) is 23.9 Å². The third-order valence-corrected chi connectivity index (χ3v) is 5.25. The predicted molar refractivity (Wildman–Crippen MR) is 95.1 cm³/mol. The fourth-order valence-corrected chi connectivity index (χ4v) is 4.15. The molecule has 6 heteroatoms. The number of hydrogen-bond donors (Lipinski definition) is 1. The average molecular weight is 342 g/mol. The van der Waals surface area contributed by atoms with Crippen molar-refractivity contribution in [3.8, 4) is 5.75 Å². The Kier molecular flexibility index (Phi) is 6.03. The van der Waals surface area contributed by atoms with Gasteiger partial charge in [-0.25, -0.2) is 4.98 Å². The van der Waals surface area contributed by atoms with Crippen molar-refractivity contribution in [1.29, 1.82) is 0 Å². The zero-order valence-corrected chi connectivity index (χ0v) is 14.8. The minimum absolute atomic E-state index is 0. The van der Waals surface area contributed by atoms with Gasteiger partial charge >= 0.3 is 0 Å². The maximum absolute atomic E-state index is 6.15. The van der Waals surface area contributed by atoms with Gasteiger partial charge in [0.1, 0.15) is 10.8 Å². The van der Waals surface area contributed by atoms with E-state index in [4.69, 9.17) is 15.5 Å². The largest absolute Gasteiger partial charge is 0.497 e. The summed E-state index contributed by atoms with van der Waals surface area (Å²) in [7, 11) is 1.70. The first kappa shape index (κ1) is 17.5. The Labute approximate surface area is 142 Å². The highest BCUT2D eigenvalue weighted by Crippen LogP contribution is 2.29. The molecule has 1 fully saturated rings. The molecule has 1 aromatic carbocycles. The lowest BCUT2D eigenvalue weighted by atomic mass is 9.97. The van der Waals surface area contributed by atoms with Crippen molar-refractivity contribution >= 4 is 34.0 Å². The molecule has 2 N–H and O–H groups in total. The number of nitrogens with two attached hydrogens (primary N) is 1. The molecule has 22 heavy (non-hydrogen) atoms. The first-order valence-corrected chi connectivity index (χ1v) is 8.42. The van der Waals surface area contributed by atoms with Gasteiger partial charge in [0, 0.05) is 12.1 Å². The van der Waals surface area contributed by atoms with Gasteiger partial charge in [-0.15, -0.1) is 23.7 Å². The zero-order chi connectivity index (χ0) is 14.8. The van der Waals surface area contributed by atoms with E-state index in [-0.39, 0.29) is 18.4 Å². The third-order valence-electron chi connectivity index (χ3n) is 4.25. The molecule has 0 aliphatic carbocycles. The molecule has 1 aliphatic rings. The first-order chi connectivity index (χ1) is 10.2. The molecular weight excluding hydrogens is 318 g/mol. The van der Waals surface area contributed by atoms with Crippen molar-refractivity contribution < 1.29 is 4.74 Å². The Balaban J connectivity index is 0.00000176. The summed E-state index contributed by atoms with van der Waals surface area (Å²) in [6.45, 7) is 4.16. The second-order valence-corrected chi connectivity index (χ2v) is 6.95. The average Bonchev–Trinajstić information content (AvgIpc) is 2.88. The lowest BCUT2D eigenvalue weighted by molar-refractivity contribution is 0.123. The van der Waals surface area contributed by atoms with Crippen LogP contribution < -0.4 is 10.5 Å². The molecule has 2 heterocycles. The third kappa shape index (κ3) is 3.71. The van der Waals surface area contributed by atoms with Gasteiger partial charge in [0.15, 0.2) is 0 Å². The summed E-state index contributed by atoms with van der Waals surface area (Å²) < 4.78 is 6.48. The second kappa shape index (κ2) is 7.59. The first-order valence-electron chi connectivity index (χ1n) is 7.60. The normalized spacial score (nSPS) is 20.6. The van der Waals surface area contributed by atoms with Gasteiger partial charge in [0.2, 0.25) is 0 Å². The van der Waals surface area contributed by atoms with E-state index in [1.807, 2.05) is 12.1 Å². The summed E-state index contributed by atoms with van der Waals surface area (Å²) in [5.41, 5.74) is 7.21. The number of likely N-dealkylation sites (tertiary alicyclic amines) is 1. The molecular formula is C16H24ClN3OS. The molecule has 2 unspecified atom stereocenters. The summed E-state index contributed by atoms with van der Waals surface area (Å²) in [5, 5.41) is 1.17. The molecule has 1 aromatic heterocycles. The number of benzene rings is 1. The highest BCUT2D eigenvalue weighted by atomic mass is 35.5. The van der Waals surface area contributed by atoms with Crippen molar-refractivity contribution in [3.05, 3.63) is 23.2 Å². The van der Waals surface area contributed by atoms with E-state index in [9.17, 15) is 0 Å². The maximum Gasteiger partial charge on any atom is 0.120 e. The number of nitrogens with zero attached hydrogens (tertiary/aromatic N) is 2. The number of hydrogen-bond acceptors (Lipinski definition) is 5. The van der Waals surface area contributed by atoms with E-state index in [1.165, 1.54) is 29.0 Å². The van der Waals surface area contributed by atoms with Gasteiger partial charge < -0.3 is 10.5 Å². The van der Waals surface area contributed by atoms with Crippen LogP contribution in [0.4, 0.5) is 0 Å². The van der Waals surface area contributed by atoms with Crippen LogP contribution in [0.3, 0.4) is 0 Å². The lowest BCUT2D eigenvalue weighted by Crippen LogP contribution is -2.48. The number of fused-ring (bicyclic) bond motifs is 1. The molecule has 4 nitrogen and oxygen atoms in total. The van der Waals surface area contributed by atoms with Crippen LogP contribution in [0, 0.1) is 0 Å². The quantitative estimate of drug-likeness (QED) is 0.925. The van der Waals surface area contributed by atoms with E-state index in [1.54, 1.807) is 18.4 Å². The molecule has 0 spiro atoms. The Morgan fingerprint density at radius 3 is 3.00 bits per heavy atom. The van der Waals surface area contributed by atoms with E-state index in [2.05, 4.69) is 17.9 Å². The van der Waals surface area contributed by atoms with E-state index >= 15 is 0 Å². The number of piperidine rings is 1. The standard InChI is InChI=1S/C16H23N3OS.ClH/c1-11(17)14-5-3-4-8-19(14)10-16-18-13-7-6-12(20-2)9-15(13)21-16;/h6-7,9,11,14H,3-5,8,10,17H2,1-2H3;1H. The van der Waals surface area contributed by atoms with E-state index in [0.29, 0.717) is 6.04 Å². The molecule has 0 amide bonds. The molecule has 2 aromatic rings. The van der Waals surface area contributed by atoms with Crippen molar-refractivity contribution in [1.82, 2.24) is 9.88 Å². The zero-order valence-electron chi connectivity index (χ0n) is 13.1. The summed E-state index contributed by atoms with van der Waals surface area (Å²) in [6, 6.07) is 6.78. The molecule has 2 atom stereocenters. The fourth-order valence-electron chi connectivity index (χ4n) is 3.13. The Bertz CT molecular complexity index is 616. The minimum atomic E-state index is 0. The van der Waals surface area contributed by atoms with Crippen LogP contribution >= 0.6 is 23.7 Å². The Morgan fingerprint density at radius 1 is 1.45 bits per heavy atom. The van der Waals surface area contributed by atoms with Crippen LogP contribution in [0.2, 0.25) is 0 Å². The van der Waals surface area contributed by atoms with Crippen LogP contribution in [0.1, 0.15) is 31.2 Å². The van der Waals surface area contributed by atoms with Crippen LogP contribution in [-0.4, -0.2) is 35.6 Å². The number of halogens is 1. The number of methoxy groups -OCH3 is 1. The summed E-state index contributed by atoms with van der Waals surface area (Å²) in [4.78, 5) is 7.26. The molecule has 3 rings (SSSR count). The number of rotatable bonds is 4. The second-order valence-electron chi connectivity index (χ2n) is 5.83. The van der Waals surface area contributed by atoms with Crippen LogP contribution in [0.25, 0.3) is 10.2 Å². The SMILES string of the molecule is COc1ccc2nc(CN3CCCCC3C(C)N)sc2c1.Cl. The van der Waals surface area contributed by atoms with E-state index < -0.39 is 0 Å². The fraction of sp³-hybridized carbons (Fsp3) is 0.562. The van der Waals surface area contributed by atoms with Crippen molar-refractivity contribution in [3.63, 3.8) is 0 Å². The highest BCUT2D eigenvalue weighted by Gasteiger charge is 2.26. The monoisotopic (exact) mass is 341 g/mol. The molecule has 0 bridgehead atoms. The Hall–Kier alpha value is -0.880. The number of aromatic nitrogens is 1. The van der Waals surface area contributed by atoms with Gasteiger partial charge in [0.25, 0.3) is 0 Å². The van der Waals surface area contributed by atoms with Gasteiger partial charge in [-0.2, -0.15) is 0 Å². The van der Waals surface area contributed by atoms with Crippen molar-refractivity contribution in [2.75, 3.05) is 13.7 Å². The molecule has 0 radical (unpaired) electrons. The summed E-state index contributed by atoms with van der Waals surface area (Å²) in [5.74, 6) is 0.893. The minimum Gasteiger partial charge on any atom is -0.497 e. The van der Waals surface area contributed by atoms with Crippen LogP contribution in [-0.2, 0) is 6.54 Å². The van der Waals surface area contributed by atoms with Crippen LogP contribution in [0.5, 0.6) is 5.75 Å². The van der Waals surface area contributed by atoms with Gasteiger partial charge in [-0.05, 0) is 44.5 Å². The summed E-state index contributed by atoms with van der Waals surface area (Å²) >= 11 is 1.76. The highest BCUT2D eigenvalue weighted by molar-refractivity contribution is 7.18. The molecule has 0 saturated carbocycles. The number of thiazole rings is 1. The molecule has 1 saturated heterocycles. The maximum atomic E-state index is 6.15. The summed E-state index contributed by atoms with van der Waals surface area (Å²) in [6.07, 6.45) is 3.76. The predicted octanol–water partition coefficient (Wildman–Crippen LogP) is 3.43.